The Hall–Kier alpha value is -0.100. The highest BCUT2D eigenvalue weighted by Crippen LogP contribution is 2.38. The fourth-order valence-electron chi connectivity index (χ4n) is 3.57. The average molecular weight is 393 g/mol. The van der Waals surface area contributed by atoms with Gasteiger partial charge in [0, 0.05) is 17.6 Å². The van der Waals surface area contributed by atoms with Gasteiger partial charge in [0.25, 0.3) is 0 Å². The maximum Gasteiger partial charge on any atom is 0.243 e. The lowest BCUT2D eigenvalue weighted by Gasteiger charge is -2.40. The zero-order chi connectivity index (χ0) is 15.0. The molecule has 3 rings (SSSR count). The fraction of sp³-hybridized carbons (Fsp3) is 0.600. The number of fused-ring (bicyclic) bond motifs is 1. The van der Waals surface area contributed by atoms with Crippen LogP contribution in [0, 0.1) is 11.8 Å². The predicted octanol–water partition coefficient (Wildman–Crippen LogP) is 4.30. The van der Waals surface area contributed by atoms with Gasteiger partial charge in [-0.2, -0.15) is 4.31 Å². The topological polar surface area (TPSA) is 37.4 Å². The second-order valence-corrected chi connectivity index (χ2v) is 9.23. The number of rotatable bonds is 2. The van der Waals surface area contributed by atoms with Crippen LogP contribution in [0.3, 0.4) is 0 Å². The van der Waals surface area contributed by atoms with Gasteiger partial charge < -0.3 is 0 Å². The fourth-order valence-corrected chi connectivity index (χ4v) is 5.76. The summed E-state index contributed by atoms with van der Waals surface area (Å²) in [7, 11) is -3.41. The number of hydrogen-bond donors (Lipinski definition) is 0. The van der Waals surface area contributed by atoms with Gasteiger partial charge in [-0.15, -0.1) is 0 Å². The quantitative estimate of drug-likeness (QED) is 0.752. The van der Waals surface area contributed by atoms with E-state index in [9.17, 15) is 8.42 Å². The first-order chi connectivity index (χ1) is 9.98. The molecule has 1 aliphatic carbocycles. The molecule has 0 N–H and O–H groups in total. The van der Waals surface area contributed by atoms with Gasteiger partial charge >= 0.3 is 0 Å². The standard InChI is InChI=1S/C15H19BrClNO2S/c16-14-9-13(5-6-15(14)17)21(19,20)18-8-7-11-3-1-2-4-12(11)10-18/h5-6,9,11-12H,1-4,7-8,10H2. The van der Waals surface area contributed by atoms with Crippen molar-refractivity contribution >= 4 is 37.6 Å². The van der Waals surface area contributed by atoms with Gasteiger partial charge in [-0.05, 0) is 58.8 Å². The summed E-state index contributed by atoms with van der Waals surface area (Å²) in [5.74, 6) is 1.26. The molecule has 2 aliphatic rings. The second-order valence-electron chi connectivity index (χ2n) is 6.03. The maximum atomic E-state index is 12.8. The van der Waals surface area contributed by atoms with Crippen molar-refractivity contribution in [1.29, 1.82) is 0 Å². The first-order valence-corrected chi connectivity index (χ1v) is 10.0. The minimum absolute atomic E-state index is 0.327. The second kappa shape index (κ2) is 6.19. The summed E-state index contributed by atoms with van der Waals surface area (Å²) >= 11 is 9.26. The molecule has 6 heteroatoms. The maximum absolute atomic E-state index is 12.8. The molecule has 1 heterocycles. The van der Waals surface area contributed by atoms with Gasteiger partial charge in [-0.1, -0.05) is 30.9 Å². The van der Waals surface area contributed by atoms with E-state index in [4.69, 9.17) is 11.6 Å². The molecule has 21 heavy (non-hydrogen) atoms. The summed E-state index contributed by atoms with van der Waals surface area (Å²) in [6.07, 6.45) is 5.98. The molecule has 1 saturated carbocycles. The van der Waals surface area contributed by atoms with Crippen LogP contribution in [-0.2, 0) is 10.0 Å². The van der Waals surface area contributed by atoms with Crippen LogP contribution in [0.15, 0.2) is 27.6 Å². The number of piperidine rings is 1. The van der Waals surface area contributed by atoms with Gasteiger partial charge in [0.15, 0.2) is 0 Å². The minimum Gasteiger partial charge on any atom is -0.207 e. The number of halogens is 2. The Labute approximate surface area is 139 Å². The van der Waals surface area contributed by atoms with Gasteiger partial charge in [-0.25, -0.2) is 8.42 Å². The molecule has 2 fully saturated rings. The number of benzene rings is 1. The van der Waals surface area contributed by atoms with Crippen LogP contribution in [-0.4, -0.2) is 25.8 Å². The Morgan fingerprint density at radius 1 is 1.14 bits per heavy atom. The monoisotopic (exact) mass is 391 g/mol. The Kier molecular flexibility index (Phi) is 4.65. The minimum atomic E-state index is -3.41. The zero-order valence-electron chi connectivity index (χ0n) is 11.8. The molecule has 0 amide bonds. The summed E-state index contributed by atoms with van der Waals surface area (Å²) in [5.41, 5.74) is 0. The molecular formula is C15H19BrClNO2S. The summed E-state index contributed by atoms with van der Waals surface area (Å²) in [4.78, 5) is 0.327. The Morgan fingerprint density at radius 3 is 2.57 bits per heavy atom. The zero-order valence-corrected chi connectivity index (χ0v) is 14.9. The lowest BCUT2D eigenvalue weighted by molar-refractivity contribution is 0.136. The van der Waals surface area contributed by atoms with E-state index < -0.39 is 10.0 Å². The third-order valence-corrected chi connectivity index (χ3v) is 7.86. The molecular weight excluding hydrogens is 374 g/mol. The van der Waals surface area contributed by atoms with Gasteiger partial charge in [0.1, 0.15) is 0 Å². The molecule has 1 aliphatic heterocycles. The van der Waals surface area contributed by atoms with Crippen molar-refractivity contribution in [2.75, 3.05) is 13.1 Å². The van der Waals surface area contributed by atoms with Gasteiger partial charge in [0.2, 0.25) is 10.0 Å². The molecule has 116 valence electrons. The highest BCUT2D eigenvalue weighted by molar-refractivity contribution is 9.10. The Bertz CT molecular complexity index is 635. The Morgan fingerprint density at radius 2 is 1.86 bits per heavy atom. The van der Waals surface area contributed by atoms with Crippen LogP contribution in [0.4, 0.5) is 0 Å². The normalized spacial score (nSPS) is 27.3. The van der Waals surface area contributed by atoms with Crippen LogP contribution >= 0.6 is 27.5 Å². The first-order valence-electron chi connectivity index (χ1n) is 7.43. The SMILES string of the molecule is O=S(=O)(c1ccc(Cl)c(Br)c1)N1CCC2CCCCC2C1. The number of sulfonamides is 1. The van der Waals surface area contributed by atoms with Crippen LogP contribution in [0.25, 0.3) is 0 Å². The van der Waals surface area contributed by atoms with Crippen LogP contribution < -0.4 is 0 Å². The molecule has 1 aromatic rings. The van der Waals surface area contributed by atoms with Crippen molar-refractivity contribution in [2.24, 2.45) is 11.8 Å². The number of nitrogens with zero attached hydrogens (tertiary/aromatic N) is 1. The molecule has 2 unspecified atom stereocenters. The third-order valence-electron chi connectivity index (χ3n) is 4.78. The van der Waals surface area contributed by atoms with Crippen LogP contribution in [0.2, 0.25) is 5.02 Å². The van der Waals surface area contributed by atoms with Crippen molar-refractivity contribution < 1.29 is 8.42 Å². The molecule has 1 saturated heterocycles. The predicted molar refractivity (Wildman–Crippen MR) is 88.0 cm³/mol. The highest BCUT2D eigenvalue weighted by Gasteiger charge is 2.36. The van der Waals surface area contributed by atoms with Crippen LogP contribution in [0.5, 0.6) is 0 Å². The Balaban J connectivity index is 1.83. The van der Waals surface area contributed by atoms with E-state index in [-0.39, 0.29) is 0 Å². The van der Waals surface area contributed by atoms with Crippen molar-refractivity contribution in [3.05, 3.63) is 27.7 Å². The summed E-state index contributed by atoms with van der Waals surface area (Å²) in [6, 6.07) is 4.83. The van der Waals surface area contributed by atoms with Gasteiger partial charge in [0.05, 0.1) is 9.92 Å². The molecule has 3 nitrogen and oxygen atoms in total. The lowest BCUT2D eigenvalue weighted by Crippen LogP contribution is -2.44. The van der Waals surface area contributed by atoms with Crippen molar-refractivity contribution in [3.8, 4) is 0 Å². The lowest BCUT2D eigenvalue weighted by atomic mass is 9.76. The highest BCUT2D eigenvalue weighted by atomic mass is 79.9. The molecule has 0 bridgehead atoms. The van der Waals surface area contributed by atoms with Crippen molar-refractivity contribution in [2.45, 2.75) is 37.0 Å². The molecule has 1 aromatic carbocycles. The van der Waals surface area contributed by atoms with E-state index >= 15 is 0 Å². The summed E-state index contributed by atoms with van der Waals surface area (Å²) in [6.45, 7) is 1.32. The molecule has 0 radical (unpaired) electrons. The third kappa shape index (κ3) is 3.16. The summed E-state index contributed by atoms with van der Waals surface area (Å²) < 4.78 is 27.9. The summed E-state index contributed by atoms with van der Waals surface area (Å²) in [5, 5.41) is 0.528. The molecule has 0 aromatic heterocycles. The van der Waals surface area contributed by atoms with E-state index in [0.717, 1.165) is 12.3 Å². The molecule has 0 spiro atoms. The van der Waals surface area contributed by atoms with E-state index in [0.29, 0.717) is 33.4 Å². The first kappa shape index (κ1) is 15.8. The average Bonchev–Trinajstić information content (AvgIpc) is 2.49. The molecule has 2 atom stereocenters. The van der Waals surface area contributed by atoms with Crippen molar-refractivity contribution in [1.82, 2.24) is 4.31 Å². The van der Waals surface area contributed by atoms with E-state index in [1.54, 1.807) is 22.5 Å². The van der Waals surface area contributed by atoms with Crippen molar-refractivity contribution in [3.63, 3.8) is 0 Å². The van der Waals surface area contributed by atoms with E-state index in [1.165, 1.54) is 25.7 Å². The van der Waals surface area contributed by atoms with E-state index in [1.807, 2.05) is 0 Å². The number of hydrogen-bond acceptors (Lipinski definition) is 2. The largest absolute Gasteiger partial charge is 0.243 e. The smallest absolute Gasteiger partial charge is 0.207 e. The van der Waals surface area contributed by atoms with Crippen LogP contribution in [0.1, 0.15) is 32.1 Å². The van der Waals surface area contributed by atoms with E-state index in [2.05, 4.69) is 15.9 Å². The van der Waals surface area contributed by atoms with Gasteiger partial charge in [-0.3, -0.25) is 0 Å².